The Morgan fingerprint density at radius 2 is 2.30 bits per heavy atom. The number of hydrogen-bond donors (Lipinski definition) is 1. The van der Waals surface area contributed by atoms with Crippen LogP contribution in [0.5, 0.6) is 5.75 Å². The normalized spacial score (nSPS) is 22.6. The Bertz CT molecular complexity index is 441. The molecule has 1 aromatic rings. The molecule has 2 aliphatic heterocycles. The summed E-state index contributed by atoms with van der Waals surface area (Å²) in [7, 11) is 2.08. The van der Waals surface area contributed by atoms with E-state index in [-0.39, 0.29) is 0 Å². The van der Waals surface area contributed by atoms with Gasteiger partial charge in [-0.15, -0.1) is 0 Å². The Morgan fingerprint density at radius 3 is 3.10 bits per heavy atom. The third kappa shape index (κ3) is 3.33. The van der Waals surface area contributed by atoms with Crippen molar-refractivity contribution in [1.82, 2.24) is 5.32 Å². The van der Waals surface area contributed by atoms with Gasteiger partial charge in [0.2, 0.25) is 0 Å². The summed E-state index contributed by atoms with van der Waals surface area (Å²) in [5, 5.41) is 3.47. The fraction of sp³-hybridized carbons (Fsp3) is 0.647. The summed E-state index contributed by atoms with van der Waals surface area (Å²) in [6, 6.07) is 7.28. The summed E-state index contributed by atoms with van der Waals surface area (Å²) >= 11 is 0. The van der Waals surface area contributed by atoms with Gasteiger partial charge < -0.3 is 14.8 Å². The van der Waals surface area contributed by atoms with E-state index in [0.717, 1.165) is 44.3 Å². The second-order valence-corrected chi connectivity index (χ2v) is 6.03. The van der Waals surface area contributed by atoms with E-state index in [9.17, 15) is 0 Å². The van der Waals surface area contributed by atoms with Gasteiger partial charge in [-0.2, -0.15) is 0 Å². The van der Waals surface area contributed by atoms with Crippen LogP contribution >= 0.6 is 0 Å². The van der Waals surface area contributed by atoms with Crippen LogP contribution in [-0.4, -0.2) is 32.9 Å². The maximum absolute atomic E-state index is 5.56. The third-order valence-corrected chi connectivity index (χ3v) is 4.59. The molecule has 3 rings (SSSR count). The number of fused-ring (bicyclic) bond motifs is 1. The Morgan fingerprint density at radius 1 is 1.35 bits per heavy atom. The zero-order chi connectivity index (χ0) is 13.8. The number of nitrogens with one attached hydrogen (secondary N) is 1. The molecule has 0 radical (unpaired) electrons. The van der Waals surface area contributed by atoms with E-state index in [0.29, 0.717) is 6.04 Å². The molecule has 20 heavy (non-hydrogen) atoms. The van der Waals surface area contributed by atoms with Gasteiger partial charge in [0.1, 0.15) is 5.75 Å². The number of aryl methyl sites for hydroxylation is 1. The molecule has 0 aliphatic carbocycles. The lowest BCUT2D eigenvalue weighted by Crippen LogP contribution is -2.28. The largest absolute Gasteiger partial charge is 0.493 e. The zero-order valence-corrected chi connectivity index (χ0v) is 12.4. The van der Waals surface area contributed by atoms with Gasteiger partial charge >= 0.3 is 0 Å². The summed E-state index contributed by atoms with van der Waals surface area (Å²) in [5.41, 5.74) is 2.82. The fourth-order valence-electron chi connectivity index (χ4n) is 3.29. The molecule has 0 aromatic heterocycles. The van der Waals surface area contributed by atoms with Crippen molar-refractivity contribution in [1.29, 1.82) is 0 Å². The first-order chi connectivity index (χ1) is 9.85. The second kappa shape index (κ2) is 6.59. The Labute approximate surface area is 121 Å². The topological polar surface area (TPSA) is 30.5 Å². The lowest BCUT2D eigenvalue weighted by molar-refractivity contribution is 0.181. The maximum Gasteiger partial charge on any atom is 0.122 e. The summed E-state index contributed by atoms with van der Waals surface area (Å²) in [5.74, 6) is 1.84. The van der Waals surface area contributed by atoms with Crippen molar-refractivity contribution >= 4 is 0 Å². The quantitative estimate of drug-likeness (QED) is 0.865. The van der Waals surface area contributed by atoms with Crippen molar-refractivity contribution in [2.45, 2.75) is 38.1 Å². The smallest absolute Gasteiger partial charge is 0.122 e. The van der Waals surface area contributed by atoms with E-state index < -0.39 is 0 Å². The Balaban J connectivity index is 1.51. The SMILES string of the molecule is CNC(CCc1ccc2c(c1)CCO2)CC1CCOC1. The highest BCUT2D eigenvalue weighted by Crippen LogP contribution is 2.27. The first-order valence-electron chi connectivity index (χ1n) is 7.85. The molecule has 2 unspecified atom stereocenters. The lowest BCUT2D eigenvalue weighted by Gasteiger charge is -2.19. The van der Waals surface area contributed by atoms with E-state index in [2.05, 4.69) is 30.6 Å². The first-order valence-corrected chi connectivity index (χ1v) is 7.85. The predicted molar refractivity (Wildman–Crippen MR) is 80.4 cm³/mol. The van der Waals surface area contributed by atoms with Crippen LogP contribution in [0.4, 0.5) is 0 Å². The molecule has 3 heteroatoms. The molecule has 1 N–H and O–H groups in total. The van der Waals surface area contributed by atoms with Crippen LogP contribution in [0, 0.1) is 5.92 Å². The van der Waals surface area contributed by atoms with Crippen molar-refractivity contribution in [2.24, 2.45) is 5.92 Å². The third-order valence-electron chi connectivity index (χ3n) is 4.59. The second-order valence-electron chi connectivity index (χ2n) is 6.03. The standard InChI is InChI=1S/C17H25NO2/c1-18-16(11-14-6-8-19-12-14)4-2-13-3-5-17-15(10-13)7-9-20-17/h3,5,10,14,16,18H,2,4,6-9,11-12H2,1H3. The van der Waals surface area contributed by atoms with Crippen molar-refractivity contribution in [2.75, 3.05) is 26.9 Å². The van der Waals surface area contributed by atoms with Gasteiger partial charge in [0.15, 0.2) is 0 Å². The van der Waals surface area contributed by atoms with Gasteiger partial charge in [-0.25, -0.2) is 0 Å². The molecule has 2 aliphatic rings. The van der Waals surface area contributed by atoms with Gasteiger partial charge in [0.25, 0.3) is 0 Å². The van der Waals surface area contributed by atoms with E-state index in [1.807, 2.05) is 0 Å². The maximum atomic E-state index is 5.56. The number of ether oxygens (including phenoxy) is 2. The molecule has 1 saturated heterocycles. The summed E-state index contributed by atoms with van der Waals surface area (Å²) in [6.45, 7) is 2.75. The summed E-state index contributed by atoms with van der Waals surface area (Å²) < 4.78 is 11.0. The number of rotatable bonds is 6. The van der Waals surface area contributed by atoms with Gasteiger partial charge in [-0.1, -0.05) is 12.1 Å². The van der Waals surface area contributed by atoms with Crippen LogP contribution in [-0.2, 0) is 17.6 Å². The first kappa shape index (κ1) is 13.9. The minimum absolute atomic E-state index is 0.603. The monoisotopic (exact) mass is 275 g/mol. The van der Waals surface area contributed by atoms with Crippen LogP contribution in [0.1, 0.15) is 30.4 Å². The average Bonchev–Trinajstić information content (AvgIpc) is 3.13. The minimum Gasteiger partial charge on any atom is -0.493 e. The van der Waals surface area contributed by atoms with E-state index in [1.165, 1.54) is 30.4 Å². The molecule has 0 amide bonds. The van der Waals surface area contributed by atoms with Crippen LogP contribution in [0.15, 0.2) is 18.2 Å². The summed E-state index contributed by atoms with van der Waals surface area (Å²) in [6.07, 6.45) is 5.88. The van der Waals surface area contributed by atoms with Crippen molar-refractivity contribution in [3.8, 4) is 5.75 Å². The molecule has 2 atom stereocenters. The van der Waals surface area contributed by atoms with Crippen LogP contribution in [0.25, 0.3) is 0 Å². The molecule has 110 valence electrons. The summed E-state index contributed by atoms with van der Waals surface area (Å²) in [4.78, 5) is 0. The molecular formula is C17H25NO2. The fourth-order valence-corrected chi connectivity index (χ4v) is 3.29. The number of benzene rings is 1. The predicted octanol–water partition coefficient (Wildman–Crippen LogP) is 2.57. The lowest BCUT2D eigenvalue weighted by atomic mass is 9.94. The van der Waals surface area contributed by atoms with Gasteiger partial charge in [0.05, 0.1) is 6.61 Å². The van der Waals surface area contributed by atoms with Gasteiger partial charge in [-0.05, 0) is 55.8 Å². The van der Waals surface area contributed by atoms with Crippen LogP contribution in [0.2, 0.25) is 0 Å². The van der Waals surface area contributed by atoms with Crippen molar-refractivity contribution < 1.29 is 9.47 Å². The molecule has 1 aromatic carbocycles. The minimum atomic E-state index is 0.603. The molecule has 3 nitrogen and oxygen atoms in total. The highest BCUT2D eigenvalue weighted by atomic mass is 16.5. The van der Waals surface area contributed by atoms with E-state index in [1.54, 1.807) is 0 Å². The Hall–Kier alpha value is -1.06. The average molecular weight is 275 g/mol. The van der Waals surface area contributed by atoms with Crippen molar-refractivity contribution in [3.63, 3.8) is 0 Å². The zero-order valence-electron chi connectivity index (χ0n) is 12.4. The highest BCUT2D eigenvalue weighted by molar-refractivity contribution is 5.39. The number of hydrogen-bond acceptors (Lipinski definition) is 3. The van der Waals surface area contributed by atoms with Gasteiger partial charge in [0, 0.05) is 25.7 Å². The molecule has 0 bridgehead atoms. The van der Waals surface area contributed by atoms with Gasteiger partial charge in [-0.3, -0.25) is 0 Å². The Kier molecular flexibility index (Phi) is 4.58. The molecule has 1 fully saturated rings. The molecule has 0 spiro atoms. The van der Waals surface area contributed by atoms with Crippen LogP contribution in [0.3, 0.4) is 0 Å². The molecular weight excluding hydrogens is 250 g/mol. The van der Waals surface area contributed by atoms with Crippen molar-refractivity contribution in [3.05, 3.63) is 29.3 Å². The highest BCUT2D eigenvalue weighted by Gasteiger charge is 2.20. The molecule has 0 saturated carbocycles. The van der Waals surface area contributed by atoms with E-state index >= 15 is 0 Å². The van der Waals surface area contributed by atoms with Crippen LogP contribution < -0.4 is 10.1 Å². The molecule has 2 heterocycles. The van der Waals surface area contributed by atoms with E-state index in [4.69, 9.17) is 9.47 Å².